The van der Waals surface area contributed by atoms with Crippen LogP contribution in [-0.4, -0.2) is 11.5 Å². The minimum absolute atomic E-state index is 0.200. The van der Waals surface area contributed by atoms with E-state index in [2.05, 4.69) is 0 Å². The molecule has 2 aromatic carbocycles. The van der Waals surface area contributed by atoms with Crippen LogP contribution in [0.15, 0.2) is 60.7 Å². The maximum atomic E-state index is 8.08. The summed E-state index contributed by atoms with van der Waals surface area (Å²) >= 11 is 1.68. The second kappa shape index (κ2) is 7.18. The predicted octanol–water partition coefficient (Wildman–Crippen LogP) is 4.21. The predicted molar refractivity (Wildman–Crippen MR) is 77.6 cm³/mol. The van der Waals surface area contributed by atoms with Crippen molar-refractivity contribution in [3.05, 3.63) is 71.8 Å². The van der Waals surface area contributed by atoms with Gasteiger partial charge in [0.1, 0.15) is 0 Å². The van der Waals surface area contributed by atoms with Gasteiger partial charge in [0, 0.05) is 2.74 Å². The third-order valence-electron chi connectivity index (χ3n) is 2.47. The fourth-order valence-corrected chi connectivity index (χ4v) is 2.31. The smallest absolute Gasteiger partial charge is 0.0324 e. The van der Waals surface area contributed by atoms with Crippen molar-refractivity contribution >= 4 is 11.8 Å². The quantitative estimate of drug-likeness (QED) is 0.733. The topological polar surface area (TPSA) is 0 Å². The van der Waals surface area contributed by atoms with Crippen LogP contribution in [0.4, 0.5) is 0 Å². The molecule has 0 aliphatic rings. The van der Waals surface area contributed by atoms with E-state index in [0.717, 1.165) is 22.6 Å². The minimum atomic E-state index is -0.200. The molecule has 0 radical (unpaired) electrons. The average Bonchev–Trinajstić information content (AvgIpc) is 2.49. The van der Waals surface area contributed by atoms with Crippen LogP contribution in [0, 0.1) is 0 Å². The number of benzene rings is 2. The fourth-order valence-electron chi connectivity index (χ4n) is 1.56. The Bertz CT molecular complexity index is 427. The van der Waals surface area contributed by atoms with Crippen molar-refractivity contribution < 1.29 is 2.74 Å². The highest BCUT2D eigenvalue weighted by molar-refractivity contribution is 7.99. The van der Waals surface area contributed by atoms with Crippen LogP contribution < -0.4 is 0 Å². The molecule has 1 heteroatoms. The van der Waals surface area contributed by atoms with E-state index < -0.39 is 0 Å². The van der Waals surface area contributed by atoms with Gasteiger partial charge in [0.15, 0.2) is 0 Å². The molecule has 0 amide bonds. The molecule has 0 saturated carbocycles. The Labute approximate surface area is 111 Å². The molecule has 0 nitrogen and oxygen atoms in total. The standard InChI is InChI=1S/C16H18S/c1-3-7-15(8-4-1)11-13-17-14-12-16-9-5-2-6-10-16/h1-10H,11-14H2/i11D,12D. The summed E-state index contributed by atoms with van der Waals surface area (Å²) in [6, 6.07) is 19.8. The Kier molecular flexibility index (Phi) is 4.13. The van der Waals surface area contributed by atoms with Gasteiger partial charge in [-0.25, -0.2) is 0 Å². The molecule has 0 fully saturated rings. The zero-order chi connectivity index (χ0) is 13.5. The molecule has 0 aliphatic heterocycles. The second-order valence-electron chi connectivity index (χ2n) is 3.77. The Morgan fingerprint density at radius 3 is 1.53 bits per heavy atom. The molecule has 2 rings (SSSR count). The molecule has 0 N–H and O–H groups in total. The van der Waals surface area contributed by atoms with Crippen molar-refractivity contribution in [3.63, 3.8) is 0 Å². The Balaban J connectivity index is 1.78. The Hall–Kier alpha value is -1.21. The van der Waals surface area contributed by atoms with Crippen molar-refractivity contribution in [1.82, 2.24) is 0 Å². The molecule has 88 valence electrons. The van der Waals surface area contributed by atoms with Crippen LogP contribution in [0.1, 0.15) is 13.9 Å². The molecular formula is C16H18S. The Morgan fingerprint density at radius 1 is 0.706 bits per heavy atom. The fraction of sp³-hybridized carbons (Fsp3) is 0.250. The van der Waals surface area contributed by atoms with E-state index in [1.807, 2.05) is 60.7 Å². The monoisotopic (exact) mass is 244 g/mol. The van der Waals surface area contributed by atoms with Crippen molar-refractivity contribution in [2.45, 2.75) is 12.8 Å². The lowest BCUT2D eigenvalue weighted by atomic mass is 10.2. The largest absolute Gasteiger partial charge is 0.161 e. The maximum absolute atomic E-state index is 8.08. The maximum Gasteiger partial charge on any atom is 0.0324 e. The summed E-state index contributed by atoms with van der Waals surface area (Å²) in [7, 11) is 0. The first kappa shape index (κ1) is 9.78. The zero-order valence-corrected chi connectivity index (χ0v) is 10.6. The normalized spacial score (nSPS) is 15.8. The lowest BCUT2D eigenvalue weighted by Crippen LogP contribution is -1.92. The highest BCUT2D eigenvalue weighted by atomic mass is 32.2. The lowest BCUT2D eigenvalue weighted by molar-refractivity contribution is 1.13. The van der Waals surface area contributed by atoms with Gasteiger partial charge < -0.3 is 0 Å². The summed E-state index contributed by atoms with van der Waals surface area (Å²) < 4.78 is 16.2. The molecule has 0 aliphatic carbocycles. The zero-order valence-electron chi connectivity index (χ0n) is 11.8. The molecule has 0 saturated heterocycles. The van der Waals surface area contributed by atoms with Crippen LogP contribution in [-0.2, 0) is 12.8 Å². The number of hydrogen-bond acceptors (Lipinski definition) is 1. The van der Waals surface area contributed by atoms with Gasteiger partial charge in [-0.3, -0.25) is 0 Å². The second-order valence-corrected chi connectivity index (χ2v) is 4.84. The van der Waals surface area contributed by atoms with Crippen LogP contribution in [0.5, 0.6) is 0 Å². The molecule has 0 heterocycles. The van der Waals surface area contributed by atoms with Gasteiger partial charge in [0.25, 0.3) is 0 Å². The Morgan fingerprint density at radius 2 is 1.12 bits per heavy atom. The van der Waals surface area contributed by atoms with Crippen LogP contribution in [0.25, 0.3) is 0 Å². The van der Waals surface area contributed by atoms with E-state index in [1.54, 1.807) is 11.8 Å². The summed E-state index contributed by atoms with van der Waals surface area (Å²) in [4.78, 5) is 0. The van der Waals surface area contributed by atoms with Crippen LogP contribution >= 0.6 is 11.8 Å². The van der Waals surface area contributed by atoms with Gasteiger partial charge in [0.05, 0.1) is 0 Å². The first-order chi connectivity index (χ1) is 9.27. The summed E-state index contributed by atoms with van der Waals surface area (Å²) in [6.07, 6.45) is -0.400. The summed E-state index contributed by atoms with van der Waals surface area (Å²) in [5, 5.41) is 0. The third kappa shape index (κ3) is 4.66. The molecule has 0 aromatic heterocycles. The molecule has 0 bridgehead atoms. The number of rotatable bonds is 6. The van der Waals surface area contributed by atoms with Crippen molar-refractivity contribution in [2.75, 3.05) is 11.5 Å². The van der Waals surface area contributed by atoms with E-state index >= 15 is 0 Å². The first-order valence-corrected chi connectivity index (χ1v) is 6.95. The SMILES string of the molecule is [2H]C(CSCC([2H])c1ccccc1)c1ccccc1. The third-order valence-corrected chi connectivity index (χ3v) is 3.28. The highest BCUT2D eigenvalue weighted by Gasteiger charge is 1.94. The average molecular weight is 244 g/mol. The van der Waals surface area contributed by atoms with E-state index in [4.69, 9.17) is 2.74 Å². The molecule has 2 unspecified atom stereocenters. The summed E-state index contributed by atoms with van der Waals surface area (Å²) in [6.45, 7) is 0. The first-order valence-electron chi connectivity index (χ1n) is 6.95. The van der Waals surface area contributed by atoms with Gasteiger partial charge in [-0.15, -0.1) is 0 Å². The van der Waals surface area contributed by atoms with E-state index in [1.165, 1.54) is 0 Å². The van der Waals surface area contributed by atoms with Crippen molar-refractivity contribution in [1.29, 1.82) is 0 Å². The van der Waals surface area contributed by atoms with Gasteiger partial charge in [-0.1, -0.05) is 60.7 Å². The molecule has 2 aromatic rings. The van der Waals surface area contributed by atoms with E-state index in [9.17, 15) is 0 Å². The molecule has 0 spiro atoms. The summed E-state index contributed by atoms with van der Waals surface area (Å²) in [5.41, 5.74) is 2.10. The van der Waals surface area contributed by atoms with Crippen LogP contribution in [0.3, 0.4) is 0 Å². The van der Waals surface area contributed by atoms with Gasteiger partial charge in [-0.2, -0.15) is 11.8 Å². The highest BCUT2D eigenvalue weighted by Crippen LogP contribution is 2.09. The van der Waals surface area contributed by atoms with Crippen LogP contribution in [0.2, 0.25) is 0 Å². The number of hydrogen-bond donors (Lipinski definition) is 0. The molecule has 2 atom stereocenters. The van der Waals surface area contributed by atoms with Crippen molar-refractivity contribution in [2.24, 2.45) is 0 Å². The van der Waals surface area contributed by atoms with Crippen molar-refractivity contribution in [3.8, 4) is 0 Å². The van der Waals surface area contributed by atoms with E-state index in [0.29, 0.717) is 0 Å². The van der Waals surface area contributed by atoms with E-state index in [-0.39, 0.29) is 12.8 Å². The number of aryl methyl sites for hydroxylation is 2. The van der Waals surface area contributed by atoms with Gasteiger partial charge in [-0.05, 0) is 35.4 Å². The van der Waals surface area contributed by atoms with Gasteiger partial charge in [0.2, 0.25) is 0 Å². The minimum Gasteiger partial charge on any atom is -0.161 e. The molecule has 17 heavy (non-hydrogen) atoms. The number of thioether (sulfide) groups is 1. The summed E-state index contributed by atoms with van der Waals surface area (Å²) in [5.74, 6) is 1.48. The van der Waals surface area contributed by atoms with Gasteiger partial charge >= 0.3 is 0 Å². The lowest BCUT2D eigenvalue weighted by Gasteiger charge is -2.02. The molecular weight excluding hydrogens is 224 g/mol.